The van der Waals surface area contributed by atoms with E-state index in [0.29, 0.717) is 11.4 Å². The van der Waals surface area contributed by atoms with E-state index in [4.69, 9.17) is 21.4 Å². The molecule has 0 aliphatic carbocycles. The molecule has 1 aromatic carbocycles. The van der Waals surface area contributed by atoms with Crippen molar-refractivity contribution in [3.8, 4) is 5.75 Å². The monoisotopic (exact) mass is 307 g/mol. The summed E-state index contributed by atoms with van der Waals surface area (Å²) in [6, 6.07) is 2.38. The van der Waals surface area contributed by atoms with E-state index in [9.17, 15) is 8.42 Å². The fourth-order valence-electron chi connectivity index (χ4n) is 1.54. The number of rotatable bonds is 6. The molecule has 108 valence electrons. The van der Waals surface area contributed by atoms with Crippen LogP contribution in [0.2, 0.25) is 5.02 Å². The standard InChI is InChI=1S/C12H18ClNO4S/c1-4-9(7-15)14-19(16,17)12-6-10(13)8(2)5-11(12)18-3/h5-6,9,14-15H,4,7H2,1-3H3/t9-/m1/s1. The van der Waals surface area contributed by atoms with Gasteiger partial charge in [-0.25, -0.2) is 13.1 Å². The van der Waals surface area contributed by atoms with Gasteiger partial charge in [-0.15, -0.1) is 0 Å². The van der Waals surface area contributed by atoms with Gasteiger partial charge in [0.1, 0.15) is 10.6 Å². The SMILES string of the molecule is CC[C@H](CO)NS(=O)(=O)c1cc(Cl)c(C)cc1OC. The molecular weight excluding hydrogens is 290 g/mol. The van der Waals surface area contributed by atoms with Crippen molar-refractivity contribution in [1.29, 1.82) is 0 Å². The van der Waals surface area contributed by atoms with Gasteiger partial charge < -0.3 is 9.84 Å². The van der Waals surface area contributed by atoms with Crippen molar-refractivity contribution in [2.24, 2.45) is 0 Å². The van der Waals surface area contributed by atoms with Crippen LogP contribution in [-0.2, 0) is 10.0 Å². The average molecular weight is 308 g/mol. The minimum Gasteiger partial charge on any atom is -0.495 e. The Morgan fingerprint density at radius 3 is 2.58 bits per heavy atom. The normalized spacial score (nSPS) is 13.3. The first-order chi connectivity index (χ1) is 8.85. The van der Waals surface area contributed by atoms with Crippen molar-refractivity contribution in [3.05, 3.63) is 22.7 Å². The van der Waals surface area contributed by atoms with E-state index in [1.54, 1.807) is 19.9 Å². The molecule has 7 heteroatoms. The first kappa shape index (κ1) is 16.2. The summed E-state index contributed by atoms with van der Waals surface area (Å²) in [6.45, 7) is 3.28. The third-order valence-corrected chi connectivity index (χ3v) is 4.72. The number of aliphatic hydroxyl groups is 1. The molecule has 0 saturated carbocycles. The molecule has 0 spiro atoms. The second-order valence-electron chi connectivity index (χ2n) is 4.16. The highest BCUT2D eigenvalue weighted by Gasteiger charge is 2.23. The van der Waals surface area contributed by atoms with Gasteiger partial charge in [0.2, 0.25) is 10.0 Å². The lowest BCUT2D eigenvalue weighted by molar-refractivity contribution is 0.253. The highest BCUT2D eigenvalue weighted by atomic mass is 35.5. The van der Waals surface area contributed by atoms with E-state index in [1.165, 1.54) is 13.2 Å². The number of hydrogen-bond acceptors (Lipinski definition) is 4. The maximum absolute atomic E-state index is 12.2. The molecular formula is C12H18ClNO4S. The van der Waals surface area contributed by atoms with Crippen molar-refractivity contribution in [2.75, 3.05) is 13.7 Å². The van der Waals surface area contributed by atoms with Crippen LogP contribution >= 0.6 is 11.6 Å². The van der Waals surface area contributed by atoms with Crippen LogP contribution < -0.4 is 9.46 Å². The summed E-state index contributed by atoms with van der Waals surface area (Å²) in [5.74, 6) is 0.224. The van der Waals surface area contributed by atoms with Gasteiger partial charge in [-0.1, -0.05) is 18.5 Å². The van der Waals surface area contributed by atoms with Gasteiger partial charge in [-0.05, 0) is 31.0 Å². The van der Waals surface area contributed by atoms with E-state index in [0.717, 1.165) is 5.56 Å². The third-order valence-electron chi connectivity index (χ3n) is 2.77. The lowest BCUT2D eigenvalue weighted by Gasteiger charge is -2.16. The van der Waals surface area contributed by atoms with Crippen molar-refractivity contribution in [2.45, 2.75) is 31.2 Å². The lowest BCUT2D eigenvalue weighted by Crippen LogP contribution is -2.37. The molecule has 0 aliphatic rings. The molecule has 0 unspecified atom stereocenters. The molecule has 19 heavy (non-hydrogen) atoms. The minimum absolute atomic E-state index is 0.0301. The summed E-state index contributed by atoms with van der Waals surface area (Å²) in [5.41, 5.74) is 0.728. The largest absolute Gasteiger partial charge is 0.495 e. The Bertz CT molecular complexity index is 541. The molecule has 0 heterocycles. The summed E-state index contributed by atoms with van der Waals surface area (Å²) in [5, 5.41) is 9.42. The van der Waals surface area contributed by atoms with Crippen LogP contribution in [0.5, 0.6) is 5.75 Å². The van der Waals surface area contributed by atoms with Gasteiger partial charge in [0.15, 0.2) is 0 Å². The summed E-state index contributed by atoms with van der Waals surface area (Å²) >= 11 is 5.96. The maximum Gasteiger partial charge on any atom is 0.244 e. The number of nitrogens with one attached hydrogen (secondary N) is 1. The molecule has 0 radical (unpaired) electrons. The van der Waals surface area contributed by atoms with Crippen molar-refractivity contribution < 1.29 is 18.3 Å². The Morgan fingerprint density at radius 2 is 2.11 bits per heavy atom. The zero-order valence-corrected chi connectivity index (χ0v) is 12.7. The van der Waals surface area contributed by atoms with Crippen LogP contribution in [0, 0.1) is 6.92 Å². The number of aryl methyl sites for hydroxylation is 1. The van der Waals surface area contributed by atoms with E-state index in [2.05, 4.69) is 4.72 Å². The van der Waals surface area contributed by atoms with Gasteiger partial charge >= 0.3 is 0 Å². The Kier molecular flexibility index (Phi) is 5.61. The zero-order chi connectivity index (χ0) is 14.6. The highest BCUT2D eigenvalue weighted by molar-refractivity contribution is 7.89. The quantitative estimate of drug-likeness (QED) is 0.839. The lowest BCUT2D eigenvalue weighted by atomic mass is 10.2. The number of methoxy groups -OCH3 is 1. The number of hydrogen-bond donors (Lipinski definition) is 2. The smallest absolute Gasteiger partial charge is 0.244 e. The molecule has 0 aliphatic heterocycles. The predicted molar refractivity (Wildman–Crippen MR) is 74.2 cm³/mol. The van der Waals surface area contributed by atoms with E-state index < -0.39 is 16.1 Å². The minimum atomic E-state index is -3.79. The zero-order valence-electron chi connectivity index (χ0n) is 11.1. The molecule has 0 aromatic heterocycles. The first-order valence-electron chi connectivity index (χ1n) is 5.83. The molecule has 1 aromatic rings. The van der Waals surface area contributed by atoms with Crippen molar-refractivity contribution in [1.82, 2.24) is 4.72 Å². The van der Waals surface area contributed by atoms with Gasteiger partial charge in [0.25, 0.3) is 0 Å². The third kappa shape index (κ3) is 3.82. The highest BCUT2D eigenvalue weighted by Crippen LogP contribution is 2.30. The summed E-state index contributed by atoms with van der Waals surface area (Å²) in [6.07, 6.45) is 0.484. The Balaban J connectivity index is 3.24. The topological polar surface area (TPSA) is 75.6 Å². The van der Waals surface area contributed by atoms with Gasteiger partial charge in [-0.2, -0.15) is 0 Å². The van der Waals surface area contributed by atoms with Crippen LogP contribution in [0.25, 0.3) is 0 Å². The van der Waals surface area contributed by atoms with E-state index in [1.807, 2.05) is 0 Å². The molecule has 0 bridgehead atoms. The second kappa shape index (κ2) is 6.56. The number of sulfonamides is 1. The fraction of sp³-hybridized carbons (Fsp3) is 0.500. The van der Waals surface area contributed by atoms with Crippen molar-refractivity contribution in [3.63, 3.8) is 0 Å². The molecule has 1 atom stereocenters. The summed E-state index contributed by atoms with van der Waals surface area (Å²) in [4.78, 5) is -0.0301. The Labute approximate surface area is 118 Å². The van der Waals surface area contributed by atoms with Crippen molar-refractivity contribution >= 4 is 21.6 Å². The number of halogens is 1. The molecule has 5 nitrogen and oxygen atoms in total. The van der Waals surface area contributed by atoms with E-state index in [-0.39, 0.29) is 17.3 Å². The first-order valence-corrected chi connectivity index (χ1v) is 7.69. The number of ether oxygens (including phenoxy) is 1. The Hall–Kier alpha value is -0.820. The second-order valence-corrected chi connectivity index (χ2v) is 6.25. The van der Waals surface area contributed by atoms with Crippen LogP contribution in [0.3, 0.4) is 0 Å². The fourth-order valence-corrected chi connectivity index (χ4v) is 3.25. The number of aliphatic hydroxyl groups excluding tert-OH is 1. The van der Waals surface area contributed by atoms with Gasteiger partial charge in [-0.3, -0.25) is 0 Å². The Morgan fingerprint density at radius 1 is 1.47 bits per heavy atom. The summed E-state index contributed by atoms with van der Waals surface area (Å²) in [7, 11) is -2.39. The van der Waals surface area contributed by atoms with Crippen LogP contribution in [0.4, 0.5) is 0 Å². The number of benzene rings is 1. The van der Waals surface area contributed by atoms with E-state index >= 15 is 0 Å². The molecule has 0 saturated heterocycles. The van der Waals surface area contributed by atoms with Crippen LogP contribution in [-0.4, -0.2) is 33.3 Å². The average Bonchev–Trinajstić information content (AvgIpc) is 2.38. The molecule has 1 rings (SSSR count). The van der Waals surface area contributed by atoms with Gasteiger partial charge in [0, 0.05) is 11.1 Å². The summed E-state index contributed by atoms with van der Waals surface area (Å²) < 4.78 is 32.0. The van der Waals surface area contributed by atoms with Gasteiger partial charge in [0.05, 0.1) is 13.7 Å². The molecule has 0 amide bonds. The predicted octanol–water partition coefficient (Wildman–Crippen LogP) is 1.71. The molecule has 2 N–H and O–H groups in total. The maximum atomic E-state index is 12.2. The van der Waals surface area contributed by atoms with Crippen LogP contribution in [0.1, 0.15) is 18.9 Å². The van der Waals surface area contributed by atoms with Crippen LogP contribution in [0.15, 0.2) is 17.0 Å². The molecule has 0 fully saturated rings.